The van der Waals surface area contributed by atoms with Crippen LogP contribution >= 0.6 is 0 Å². The Morgan fingerprint density at radius 2 is 2.15 bits per heavy atom. The van der Waals surface area contributed by atoms with Crippen LogP contribution in [0.3, 0.4) is 0 Å². The van der Waals surface area contributed by atoms with Gasteiger partial charge in [0.1, 0.15) is 5.82 Å². The summed E-state index contributed by atoms with van der Waals surface area (Å²) in [7, 11) is 1.89. The van der Waals surface area contributed by atoms with Crippen LogP contribution in [0.25, 0.3) is 0 Å². The van der Waals surface area contributed by atoms with Gasteiger partial charge in [-0.25, -0.2) is 4.98 Å². The molecule has 0 saturated carbocycles. The maximum atomic E-state index is 11.8. The van der Waals surface area contributed by atoms with Gasteiger partial charge in [0.15, 0.2) is 0 Å². The fourth-order valence-corrected chi connectivity index (χ4v) is 2.05. The highest BCUT2D eigenvalue weighted by atomic mass is 16.2. The van der Waals surface area contributed by atoms with Crippen LogP contribution in [0.2, 0.25) is 0 Å². The van der Waals surface area contributed by atoms with E-state index in [1.165, 1.54) is 0 Å². The van der Waals surface area contributed by atoms with Crippen molar-refractivity contribution in [1.82, 2.24) is 15.6 Å². The maximum Gasteiger partial charge on any atom is 0.239 e. The van der Waals surface area contributed by atoms with Crippen molar-refractivity contribution in [2.45, 2.75) is 40.3 Å². The van der Waals surface area contributed by atoms with E-state index in [4.69, 9.17) is 0 Å². The van der Waals surface area contributed by atoms with E-state index >= 15 is 0 Å². The Hall–Kier alpha value is -1.62. The number of carbonyl (C=O) groups excluding carboxylic acids is 1. The van der Waals surface area contributed by atoms with Crippen molar-refractivity contribution in [2.24, 2.45) is 0 Å². The van der Waals surface area contributed by atoms with Crippen molar-refractivity contribution >= 4 is 11.7 Å². The molecule has 0 aliphatic heterocycles. The summed E-state index contributed by atoms with van der Waals surface area (Å²) in [5.41, 5.74) is 2.24. The lowest BCUT2D eigenvalue weighted by Gasteiger charge is -2.21. The zero-order valence-corrected chi connectivity index (χ0v) is 13.2. The molecule has 0 saturated heterocycles. The van der Waals surface area contributed by atoms with Crippen LogP contribution in [0, 0.1) is 6.92 Å². The number of aromatic nitrogens is 1. The molecule has 0 spiro atoms. The molecule has 2 N–H and O–H groups in total. The smallest absolute Gasteiger partial charge is 0.239 e. The molecule has 0 aliphatic rings. The molecule has 0 atom stereocenters. The van der Waals surface area contributed by atoms with Crippen molar-refractivity contribution in [3.05, 3.63) is 23.4 Å². The minimum absolute atomic E-state index is 0.0143. The number of rotatable bonds is 7. The first-order valence-corrected chi connectivity index (χ1v) is 7.10. The van der Waals surface area contributed by atoms with Gasteiger partial charge >= 0.3 is 0 Å². The molecule has 5 nitrogen and oxygen atoms in total. The average molecular weight is 278 g/mol. The molecule has 0 fully saturated rings. The van der Waals surface area contributed by atoms with Crippen LogP contribution in [-0.4, -0.2) is 37.1 Å². The first-order valence-electron chi connectivity index (χ1n) is 7.10. The minimum Gasteiger partial charge on any atom is -0.352 e. The van der Waals surface area contributed by atoms with E-state index in [-0.39, 0.29) is 11.9 Å². The van der Waals surface area contributed by atoms with Crippen LogP contribution in [0.1, 0.15) is 31.9 Å². The molecule has 1 heterocycles. The summed E-state index contributed by atoms with van der Waals surface area (Å²) in [5, 5.41) is 6.16. The summed E-state index contributed by atoms with van der Waals surface area (Å²) >= 11 is 0. The maximum absolute atomic E-state index is 11.8. The van der Waals surface area contributed by atoms with Crippen molar-refractivity contribution in [3.63, 3.8) is 0 Å². The van der Waals surface area contributed by atoms with Crippen LogP contribution in [0.4, 0.5) is 5.82 Å². The van der Waals surface area contributed by atoms with Gasteiger partial charge in [0.25, 0.3) is 0 Å². The first kappa shape index (κ1) is 16.4. The van der Waals surface area contributed by atoms with Gasteiger partial charge < -0.3 is 15.5 Å². The van der Waals surface area contributed by atoms with E-state index in [2.05, 4.69) is 28.6 Å². The summed E-state index contributed by atoms with van der Waals surface area (Å²) in [6, 6.07) is 2.27. The van der Waals surface area contributed by atoms with E-state index in [1.807, 2.05) is 38.9 Å². The van der Waals surface area contributed by atoms with E-state index in [9.17, 15) is 4.79 Å². The third-order valence-electron chi connectivity index (χ3n) is 2.88. The molecule has 0 bridgehead atoms. The molecule has 1 aromatic rings. The lowest BCUT2D eigenvalue weighted by Crippen LogP contribution is -2.39. The fraction of sp³-hybridized carbons (Fsp3) is 0.600. The second-order valence-electron chi connectivity index (χ2n) is 5.34. The van der Waals surface area contributed by atoms with Crippen molar-refractivity contribution in [2.75, 3.05) is 25.0 Å². The Bertz CT molecular complexity index is 445. The van der Waals surface area contributed by atoms with Crippen molar-refractivity contribution in [1.29, 1.82) is 0 Å². The normalized spacial score (nSPS) is 10.7. The summed E-state index contributed by atoms with van der Waals surface area (Å²) in [6.07, 6.45) is 1.86. The highest BCUT2D eigenvalue weighted by Gasteiger charge is 2.11. The van der Waals surface area contributed by atoms with Crippen molar-refractivity contribution in [3.8, 4) is 0 Å². The second kappa shape index (κ2) is 7.85. The number of anilines is 1. The Balaban J connectivity index is 2.68. The number of aryl methyl sites for hydroxylation is 1. The number of hydrogen-bond donors (Lipinski definition) is 2. The van der Waals surface area contributed by atoms with Crippen molar-refractivity contribution < 1.29 is 4.79 Å². The van der Waals surface area contributed by atoms with Gasteiger partial charge in [0.05, 0.1) is 6.54 Å². The number of pyridine rings is 1. The molecule has 0 radical (unpaired) electrons. The number of carbonyl (C=O) groups is 1. The Morgan fingerprint density at radius 3 is 2.70 bits per heavy atom. The summed E-state index contributed by atoms with van der Waals surface area (Å²) in [5.74, 6) is 0.865. The largest absolute Gasteiger partial charge is 0.352 e. The lowest BCUT2D eigenvalue weighted by molar-refractivity contribution is -0.120. The summed E-state index contributed by atoms with van der Waals surface area (Å²) < 4.78 is 0. The highest BCUT2D eigenvalue weighted by molar-refractivity contribution is 5.81. The van der Waals surface area contributed by atoms with Gasteiger partial charge in [-0.2, -0.15) is 0 Å². The van der Waals surface area contributed by atoms with Crippen LogP contribution in [0.5, 0.6) is 0 Å². The average Bonchev–Trinajstić information content (AvgIpc) is 2.35. The van der Waals surface area contributed by atoms with Gasteiger partial charge in [-0.15, -0.1) is 0 Å². The SMILES string of the molecule is CCNCc1cnc(N(C)CC(=O)NC(C)C)c(C)c1. The van der Waals surface area contributed by atoms with Gasteiger partial charge in [-0.3, -0.25) is 4.79 Å². The Kier molecular flexibility index (Phi) is 6.45. The van der Waals surface area contributed by atoms with E-state index < -0.39 is 0 Å². The minimum atomic E-state index is 0.0143. The number of nitrogens with one attached hydrogen (secondary N) is 2. The molecule has 1 aromatic heterocycles. The van der Waals surface area contributed by atoms with Crippen LogP contribution < -0.4 is 15.5 Å². The zero-order chi connectivity index (χ0) is 15.1. The quantitative estimate of drug-likeness (QED) is 0.793. The molecular weight excluding hydrogens is 252 g/mol. The third-order valence-corrected chi connectivity index (χ3v) is 2.88. The first-order chi connectivity index (χ1) is 9.43. The summed E-state index contributed by atoms with van der Waals surface area (Å²) in [6.45, 7) is 10.1. The molecule has 1 amide bonds. The number of likely N-dealkylation sites (N-methyl/N-ethyl adjacent to an activating group) is 1. The molecule has 1 rings (SSSR count). The van der Waals surface area contributed by atoms with E-state index in [1.54, 1.807) is 0 Å². The predicted molar refractivity (Wildman–Crippen MR) is 82.9 cm³/mol. The molecule has 5 heteroatoms. The number of amides is 1. The Morgan fingerprint density at radius 1 is 1.45 bits per heavy atom. The van der Waals surface area contributed by atoms with Crippen LogP contribution in [0.15, 0.2) is 12.3 Å². The summed E-state index contributed by atoms with van der Waals surface area (Å²) in [4.78, 5) is 18.1. The Labute approximate surface area is 121 Å². The third kappa shape index (κ3) is 5.17. The van der Waals surface area contributed by atoms with E-state index in [0.29, 0.717) is 6.54 Å². The number of nitrogens with zero attached hydrogens (tertiary/aromatic N) is 2. The fourth-order valence-electron chi connectivity index (χ4n) is 2.05. The van der Waals surface area contributed by atoms with Gasteiger partial charge in [-0.1, -0.05) is 6.92 Å². The van der Waals surface area contributed by atoms with Gasteiger partial charge in [0.2, 0.25) is 5.91 Å². The molecular formula is C15H26N4O. The van der Waals surface area contributed by atoms with E-state index in [0.717, 1.165) is 30.0 Å². The molecule has 0 aromatic carbocycles. The second-order valence-corrected chi connectivity index (χ2v) is 5.34. The molecule has 0 unspecified atom stereocenters. The molecule has 112 valence electrons. The highest BCUT2D eigenvalue weighted by Crippen LogP contribution is 2.16. The molecule has 0 aliphatic carbocycles. The van der Waals surface area contributed by atoms with Gasteiger partial charge in [-0.05, 0) is 44.5 Å². The monoisotopic (exact) mass is 278 g/mol. The standard InChI is InChI=1S/C15H26N4O/c1-6-16-8-13-7-12(4)15(17-9-13)19(5)10-14(20)18-11(2)3/h7,9,11,16H,6,8,10H2,1-5H3,(H,18,20). The predicted octanol–water partition coefficient (Wildman–Crippen LogP) is 1.46. The molecule has 20 heavy (non-hydrogen) atoms. The lowest BCUT2D eigenvalue weighted by atomic mass is 10.2. The number of hydrogen-bond acceptors (Lipinski definition) is 4. The zero-order valence-electron chi connectivity index (χ0n) is 13.2. The topological polar surface area (TPSA) is 57.3 Å². The van der Waals surface area contributed by atoms with Crippen LogP contribution in [-0.2, 0) is 11.3 Å². The van der Waals surface area contributed by atoms with Gasteiger partial charge in [0, 0.05) is 25.8 Å².